The minimum Gasteiger partial charge on any atom is -0.465 e. The number of rotatable bonds is 1. The number of terminal acetylenes is 1. The Bertz CT molecular complexity index is 599. The molecule has 0 fully saturated rings. The lowest BCUT2D eigenvalue weighted by Gasteiger charge is -2.01. The predicted octanol–water partition coefficient (Wildman–Crippen LogP) is 1.40. The van der Waals surface area contributed by atoms with Crippen molar-refractivity contribution < 1.29 is 9.53 Å². The van der Waals surface area contributed by atoms with Gasteiger partial charge < -0.3 is 4.74 Å². The number of hydrogen-bond acceptors (Lipinski definition) is 4. The maximum absolute atomic E-state index is 11.3. The molecular formula is C12H8N2O2. The van der Waals surface area contributed by atoms with Gasteiger partial charge in [0.05, 0.1) is 23.7 Å². The summed E-state index contributed by atoms with van der Waals surface area (Å²) in [5, 5.41) is 0. The van der Waals surface area contributed by atoms with Crippen LogP contribution in [0, 0.1) is 12.3 Å². The zero-order valence-corrected chi connectivity index (χ0v) is 8.60. The van der Waals surface area contributed by atoms with Crippen molar-refractivity contribution in [3.63, 3.8) is 0 Å². The summed E-state index contributed by atoms with van der Waals surface area (Å²) in [4.78, 5) is 19.5. The van der Waals surface area contributed by atoms with Crippen molar-refractivity contribution in [2.75, 3.05) is 7.11 Å². The predicted molar refractivity (Wildman–Crippen MR) is 58.8 cm³/mol. The van der Waals surface area contributed by atoms with Gasteiger partial charge >= 0.3 is 5.97 Å². The number of pyridine rings is 2. The monoisotopic (exact) mass is 212 g/mol. The molecule has 0 aromatic carbocycles. The molecule has 0 aliphatic carbocycles. The van der Waals surface area contributed by atoms with Crippen LogP contribution < -0.4 is 0 Å². The first-order chi connectivity index (χ1) is 7.74. The first kappa shape index (κ1) is 10.1. The van der Waals surface area contributed by atoms with E-state index in [-0.39, 0.29) is 0 Å². The summed E-state index contributed by atoms with van der Waals surface area (Å²) >= 11 is 0. The number of hydrogen-bond donors (Lipinski definition) is 0. The van der Waals surface area contributed by atoms with Crippen LogP contribution in [-0.2, 0) is 4.74 Å². The second-order valence-electron chi connectivity index (χ2n) is 3.09. The highest BCUT2D eigenvalue weighted by molar-refractivity contribution is 5.92. The molecule has 2 rings (SSSR count). The summed E-state index contributed by atoms with van der Waals surface area (Å²) in [7, 11) is 1.32. The molecule has 0 aliphatic heterocycles. The minimum atomic E-state index is -0.442. The number of carbonyl (C=O) groups is 1. The summed E-state index contributed by atoms with van der Waals surface area (Å²) < 4.78 is 4.59. The Kier molecular flexibility index (Phi) is 2.52. The Hall–Kier alpha value is -2.41. The second-order valence-corrected chi connectivity index (χ2v) is 3.09. The highest BCUT2D eigenvalue weighted by Crippen LogP contribution is 2.12. The van der Waals surface area contributed by atoms with E-state index in [9.17, 15) is 4.79 Å². The number of ether oxygens (including phenoxy) is 1. The van der Waals surface area contributed by atoms with E-state index in [0.717, 1.165) is 0 Å². The molecule has 2 heterocycles. The molecule has 0 radical (unpaired) electrons. The Morgan fingerprint density at radius 1 is 1.44 bits per heavy atom. The molecule has 0 amide bonds. The topological polar surface area (TPSA) is 52.1 Å². The number of methoxy groups -OCH3 is 1. The maximum Gasteiger partial charge on any atom is 0.339 e. The highest BCUT2D eigenvalue weighted by Gasteiger charge is 2.07. The van der Waals surface area contributed by atoms with Gasteiger partial charge in [0.25, 0.3) is 0 Å². The summed E-state index contributed by atoms with van der Waals surface area (Å²) in [5.74, 6) is 1.98. The van der Waals surface area contributed by atoms with Crippen LogP contribution in [-0.4, -0.2) is 23.0 Å². The van der Waals surface area contributed by atoms with Gasteiger partial charge in [-0.05, 0) is 18.2 Å². The number of esters is 1. The molecule has 2 aromatic rings. The van der Waals surface area contributed by atoms with E-state index in [1.54, 1.807) is 18.2 Å². The van der Waals surface area contributed by atoms with Crippen molar-refractivity contribution in [1.82, 2.24) is 9.97 Å². The van der Waals surface area contributed by atoms with Gasteiger partial charge in [0.2, 0.25) is 0 Å². The molecule has 0 bridgehead atoms. The highest BCUT2D eigenvalue weighted by atomic mass is 16.5. The van der Waals surface area contributed by atoms with E-state index in [1.165, 1.54) is 13.3 Å². The molecule has 16 heavy (non-hydrogen) atoms. The average Bonchev–Trinajstić information content (AvgIpc) is 2.36. The van der Waals surface area contributed by atoms with Gasteiger partial charge in [0.1, 0.15) is 5.69 Å². The van der Waals surface area contributed by atoms with Crippen LogP contribution in [0.4, 0.5) is 0 Å². The molecule has 0 aliphatic rings. The van der Waals surface area contributed by atoms with E-state index in [2.05, 4.69) is 20.6 Å². The molecule has 2 aromatic heterocycles. The largest absolute Gasteiger partial charge is 0.465 e. The van der Waals surface area contributed by atoms with Gasteiger partial charge in [0, 0.05) is 6.20 Å². The van der Waals surface area contributed by atoms with Crippen molar-refractivity contribution in [1.29, 1.82) is 0 Å². The van der Waals surface area contributed by atoms with Crippen molar-refractivity contribution >= 4 is 17.0 Å². The van der Waals surface area contributed by atoms with Crippen LogP contribution >= 0.6 is 0 Å². The molecule has 0 N–H and O–H groups in total. The molecule has 4 nitrogen and oxygen atoms in total. The van der Waals surface area contributed by atoms with Gasteiger partial charge in [0.15, 0.2) is 0 Å². The van der Waals surface area contributed by atoms with E-state index in [1.807, 2.05) is 0 Å². The lowest BCUT2D eigenvalue weighted by molar-refractivity contribution is 0.0600. The summed E-state index contributed by atoms with van der Waals surface area (Å²) in [6.45, 7) is 0. The normalized spacial score (nSPS) is 9.75. The van der Waals surface area contributed by atoms with Crippen LogP contribution in [0.5, 0.6) is 0 Å². The molecule has 78 valence electrons. The van der Waals surface area contributed by atoms with Crippen LogP contribution in [0.1, 0.15) is 16.1 Å². The SMILES string of the molecule is C#Cc1ccc2ncc(C(=O)OC)cc2n1. The minimum absolute atomic E-state index is 0.358. The third kappa shape index (κ3) is 1.71. The second kappa shape index (κ2) is 3.99. The van der Waals surface area contributed by atoms with Crippen molar-refractivity contribution in [2.24, 2.45) is 0 Å². The van der Waals surface area contributed by atoms with Crippen LogP contribution in [0.2, 0.25) is 0 Å². The zero-order valence-electron chi connectivity index (χ0n) is 8.60. The fourth-order valence-electron chi connectivity index (χ4n) is 1.32. The quantitative estimate of drug-likeness (QED) is 0.529. The van der Waals surface area contributed by atoms with Gasteiger partial charge in [-0.25, -0.2) is 9.78 Å². The Morgan fingerprint density at radius 2 is 2.25 bits per heavy atom. The fourth-order valence-corrected chi connectivity index (χ4v) is 1.32. The van der Waals surface area contributed by atoms with Crippen LogP contribution in [0.25, 0.3) is 11.0 Å². The van der Waals surface area contributed by atoms with Crippen LogP contribution in [0.15, 0.2) is 24.4 Å². The van der Waals surface area contributed by atoms with Gasteiger partial charge in [-0.3, -0.25) is 4.98 Å². The van der Waals surface area contributed by atoms with Crippen LogP contribution in [0.3, 0.4) is 0 Å². The number of carbonyl (C=O) groups excluding carboxylic acids is 1. The van der Waals surface area contributed by atoms with Gasteiger partial charge in [-0.15, -0.1) is 6.42 Å². The maximum atomic E-state index is 11.3. The Balaban J connectivity index is 2.60. The fraction of sp³-hybridized carbons (Fsp3) is 0.0833. The molecule has 0 saturated carbocycles. The lowest BCUT2D eigenvalue weighted by Crippen LogP contribution is -2.02. The zero-order chi connectivity index (χ0) is 11.5. The average molecular weight is 212 g/mol. The molecule has 0 atom stereocenters. The Morgan fingerprint density at radius 3 is 2.94 bits per heavy atom. The summed E-state index contributed by atoms with van der Waals surface area (Å²) in [5.41, 5.74) is 2.14. The molecule has 0 unspecified atom stereocenters. The van der Waals surface area contributed by atoms with E-state index in [0.29, 0.717) is 22.3 Å². The van der Waals surface area contributed by atoms with Crippen molar-refractivity contribution in [2.45, 2.75) is 0 Å². The third-order valence-electron chi connectivity index (χ3n) is 2.11. The van der Waals surface area contributed by atoms with Gasteiger partial charge in [-0.2, -0.15) is 0 Å². The summed E-state index contributed by atoms with van der Waals surface area (Å²) in [6, 6.07) is 5.07. The van der Waals surface area contributed by atoms with E-state index in [4.69, 9.17) is 6.42 Å². The molecular weight excluding hydrogens is 204 g/mol. The third-order valence-corrected chi connectivity index (χ3v) is 2.11. The smallest absolute Gasteiger partial charge is 0.339 e. The van der Waals surface area contributed by atoms with E-state index < -0.39 is 5.97 Å². The molecule has 0 saturated heterocycles. The number of fused-ring (bicyclic) bond motifs is 1. The van der Waals surface area contributed by atoms with Gasteiger partial charge in [-0.1, -0.05) is 5.92 Å². The molecule has 4 heteroatoms. The standard InChI is InChI=1S/C12H8N2O2/c1-3-9-4-5-10-11(14-9)6-8(7-13-10)12(15)16-2/h1,4-7H,2H3. The van der Waals surface area contributed by atoms with Crippen molar-refractivity contribution in [3.05, 3.63) is 35.7 Å². The number of aromatic nitrogens is 2. The lowest BCUT2D eigenvalue weighted by atomic mass is 10.2. The number of nitrogens with zero attached hydrogens (tertiary/aromatic N) is 2. The Labute approximate surface area is 92.3 Å². The van der Waals surface area contributed by atoms with Crippen molar-refractivity contribution in [3.8, 4) is 12.3 Å². The summed E-state index contributed by atoms with van der Waals surface area (Å²) in [6.07, 6.45) is 6.69. The van der Waals surface area contributed by atoms with E-state index >= 15 is 0 Å². The first-order valence-electron chi connectivity index (χ1n) is 4.56. The molecule has 0 spiro atoms. The first-order valence-corrected chi connectivity index (χ1v) is 4.56.